The van der Waals surface area contributed by atoms with Crippen LogP contribution in [0.3, 0.4) is 0 Å². The van der Waals surface area contributed by atoms with E-state index in [-0.39, 0.29) is 12.1 Å². The number of carbonyl (C=O) groups excluding carboxylic acids is 2. The summed E-state index contributed by atoms with van der Waals surface area (Å²) in [7, 11) is 0. The Hall–Kier alpha value is -2.77. The van der Waals surface area contributed by atoms with Crippen molar-refractivity contribution in [3.8, 4) is 11.1 Å². The lowest BCUT2D eigenvalue weighted by Crippen LogP contribution is -2.42. The van der Waals surface area contributed by atoms with E-state index in [1.807, 2.05) is 12.3 Å². The van der Waals surface area contributed by atoms with Gasteiger partial charge < -0.3 is 15.1 Å². The number of nitrogens with one attached hydrogen (secondary N) is 2. The molecular weight excluding hydrogens is 274 g/mol. The maximum Gasteiger partial charge on any atom is 0.325 e. The molecule has 0 saturated carbocycles. The first kappa shape index (κ1) is 13.2. The van der Waals surface area contributed by atoms with Crippen LogP contribution >= 0.6 is 0 Å². The highest BCUT2D eigenvalue weighted by molar-refractivity contribution is 5.94. The summed E-state index contributed by atoms with van der Waals surface area (Å²) in [4.78, 5) is 24.2. The second-order valence-corrected chi connectivity index (χ2v) is 4.62. The van der Waals surface area contributed by atoms with Crippen molar-refractivity contribution < 1.29 is 14.0 Å². The van der Waals surface area contributed by atoms with Crippen LogP contribution in [0.2, 0.25) is 0 Å². The van der Waals surface area contributed by atoms with E-state index in [2.05, 4.69) is 15.7 Å². The van der Waals surface area contributed by atoms with Gasteiger partial charge in [0.1, 0.15) is 0 Å². The molecule has 21 heavy (non-hydrogen) atoms. The monoisotopic (exact) mass is 289 g/mol. The van der Waals surface area contributed by atoms with Crippen LogP contribution in [0.25, 0.3) is 11.1 Å². The minimum absolute atomic E-state index is 0.353. The van der Waals surface area contributed by atoms with Crippen molar-refractivity contribution in [1.29, 1.82) is 0 Å². The highest BCUT2D eigenvalue weighted by atomic mass is 16.3. The fourth-order valence-corrected chi connectivity index (χ4v) is 2.10. The van der Waals surface area contributed by atoms with Crippen molar-refractivity contribution in [2.45, 2.75) is 6.54 Å². The summed E-state index contributed by atoms with van der Waals surface area (Å²) in [5, 5.41) is 9.48. The highest BCUT2D eigenvalue weighted by Crippen LogP contribution is 2.18. The van der Waals surface area contributed by atoms with E-state index in [4.69, 9.17) is 4.42 Å². The normalized spacial score (nSPS) is 14.3. The summed E-state index contributed by atoms with van der Waals surface area (Å²) in [6, 6.07) is 1.12. The molecule has 4 amide bonds. The van der Waals surface area contributed by atoms with Crippen molar-refractivity contribution in [2.75, 3.05) is 19.6 Å². The van der Waals surface area contributed by atoms with Gasteiger partial charge in [-0.15, -0.1) is 0 Å². The first-order valence-electron chi connectivity index (χ1n) is 6.62. The van der Waals surface area contributed by atoms with Gasteiger partial charge in [-0.2, -0.15) is 5.10 Å². The summed E-state index contributed by atoms with van der Waals surface area (Å²) in [6.45, 7) is 1.82. The van der Waals surface area contributed by atoms with E-state index in [9.17, 15) is 9.59 Å². The Morgan fingerprint density at radius 3 is 3.10 bits per heavy atom. The molecule has 0 aromatic carbocycles. The topological polar surface area (TPSA) is 92.4 Å². The van der Waals surface area contributed by atoms with Gasteiger partial charge in [0.15, 0.2) is 0 Å². The Bertz CT molecular complexity index is 634. The van der Waals surface area contributed by atoms with Gasteiger partial charge in [-0.05, 0) is 6.07 Å². The van der Waals surface area contributed by atoms with Crippen LogP contribution in [0, 0.1) is 0 Å². The van der Waals surface area contributed by atoms with Crippen LogP contribution in [-0.4, -0.2) is 46.4 Å². The quantitative estimate of drug-likeness (QED) is 0.873. The summed E-state index contributed by atoms with van der Waals surface area (Å²) in [5.41, 5.74) is 1.91. The van der Waals surface area contributed by atoms with Gasteiger partial charge in [0.25, 0.3) is 0 Å². The number of hydrogen-bond donors (Lipinski definition) is 2. The van der Waals surface area contributed by atoms with E-state index in [1.54, 1.807) is 23.4 Å². The van der Waals surface area contributed by atoms with Crippen LogP contribution in [0.4, 0.5) is 9.59 Å². The van der Waals surface area contributed by atoms with Gasteiger partial charge in [-0.3, -0.25) is 4.68 Å². The molecule has 0 atom stereocenters. The third kappa shape index (κ3) is 2.88. The van der Waals surface area contributed by atoms with Gasteiger partial charge >= 0.3 is 12.1 Å². The van der Waals surface area contributed by atoms with Crippen molar-refractivity contribution in [3.63, 3.8) is 0 Å². The molecule has 1 fully saturated rings. The molecule has 0 bridgehead atoms. The van der Waals surface area contributed by atoms with Crippen molar-refractivity contribution in [3.05, 3.63) is 31.0 Å². The molecule has 1 aliphatic rings. The molecule has 110 valence electrons. The minimum Gasteiger partial charge on any atom is -0.472 e. The summed E-state index contributed by atoms with van der Waals surface area (Å²) >= 11 is 0. The lowest BCUT2D eigenvalue weighted by molar-refractivity contribution is 0.198. The molecular formula is C13H15N5O3. The molecule has 0 unspecified atom stereocenters. The standard InChI is InChI=1S/C13H15N5O3/c19-12(18-5-3-15-13(18)20)14-2-4-17-8-11(7-16-17)10-1-6-21-9-10/h1,6-9H,2-5H2,(H,14,19)(H,15,20). The number of amides is 4. The summed E-state index contributed by atoms with van der Waals surface area (Å²) < 4.78 is 6.75. The zero-order valence-corrected chi connectivity index (χ0v) is 11.3. The van der Waals surface area contributed by atoms with E-state index >= 15 is 0 Å². The maximum atomic E-state index is 11.7. The van der Waals surface area contributed by atoms with Gasteiger partial charge in [-0.1, -0.05) is 0 Å². The Kier molecular flexibility index (Phi) is 3.59. The molecule has 0 spiro atoms. The average molecular weight is 289 g/mol. The molecule has 3 rings (SSSR count). The third-order valence-corrected chi connectivity index (χ3v) is 3.21. The van der Waals surface area contributed by atoms with Gasteiger partial charge in [0.05, 0.1) is 25.3 Å². The molecule has 0 radical (unpaired) electrons. The van der Waals surface area contributed by atoms with Crippen LogP contribution in [-0.2, 0) is 6.54 Å². The summed E-state index contributed by atoms with van der Waals surface area (Å²) in [5.74, 6) is 0. The van der Waals surface area contributed by atoms with Crippen molar-refractivity contribution in [2.24, 2.45) is 0 Å². The van der Waals surface area contributed by atoms with Crippen LogP contribution < -0.4 is 10.6 Å². The fraction of sp³-hybridized carbons (Fsp3) is 0.308. The molecule has 1 saturated heterocycles. The smallest absolute Gasteiger partial charge is 0.325 e. The zero-order chi connectivity index (χ0) is 14.7. The van der Waals surface area contributed by atoms with Crippen molar-refractivity contribution >= 4 is 12.1 Å². The second-order valence-electron chi connectivity index (χ2n) is 4.62. The molecule has 1 aliphatic heterocycles. The van der Waals surface area contributed by atoms with E-state index in [0.717, 1.165) is 16.0 Å². The van der Waals surface area contributed by atoms with Gasteiger partial charge in [-0.25, -0.2) is 14.5 Å². The zero-order valence-electron chi connectivity index (χ0n) is 11.3. The van der Waals surface area contributed by atoms with Crippen LogP contribution in [0.5, 0.6) is 0 Å². The molecule has 2 aromatic heterocycles. The third-order valence-electron chi connectivity index (χ3n) is 3.21. The molecule has 8 nitrogen and oxygen atoms in total. The maximum absolute atomic E-state index is 11.7. The second kappa shape index (κ2) is 5.70. The number of rotatable bonds is 4. The number of furan rings is 1. The van der Waals surface area contributed by atoms with E-state index in [0.29, 0.717) is 26.2 Å². The predicted molar refractivity (Wildman–Crippen MR) is 73.4 cm³/mol. The lowest BCUT2D eigenvalue weighted by Gasteiger charge is -2.13. The SMILES string of the molecule is O=C1NCCN1C(=O)NCCn1cc(-c2ccoc2)cn1. The minimum atomic E-state index is -0.382. The molecule has 2 aromatic rings. The Balaban J connectivity index is 1.49. The Morgan fingerprint density at radius 1 is 1.48 bits per heavy atom. The van der Waals surface area contributed by atoms with Crippen LogP contribution in [0.1, 0.15) is 0 Å². The van der Waals surface area contributed by atoms with Crippen LogP contribution in [0.15, 0.2) is 35.4 Å². The summed E-state index contributed by atoms with van der Waals surface area (Å²) in [6.07, 6.45) is 6.86. The Morgan fingerprint density at radius 2 is 2.38 bits per heavy atom. The van der Waals surface area contributed by atoms with E-state index in [1.165, 1.54) is 0 Å². The molecule has 2 N–H and O–H groups in total. The number of urea groups is 2. The predicted octanol–water partition coefficient (Wildman–Crippen LogP) is 0.878. The first-order chi connectivity index (χ1) is 10.2. The average Bonchev–Trinajstić information content (AvgIpc) is 3.19. The van der Waals surface area contributed by atoms with Gasteiger partial charge in [0.2, 0.25) is 0 Å². The first-order valence-corrected chi connectivity index (χ1v) is 6.62. The van der Waals surface area contributed by atoms with E-state index < -0.39 is 0 Å². The fourth-order valence-electron chi connectivity index (χ4n) is 2.10. The van der Waals surface area contributed by atoms with Crippen molar-refractivity contribution in [1.82, 2.24) is 25.3 Å². The molecule has 3 heterocycles. The largest absolute Gasteiger partial charge is 0.472 e. The number of aromatic nitrogens is 2. The number of imide groups is 1. The highest BCUT2D eigenvalue weighted by Gasteiger charge is 2.25. The Labute approximate surface area is 120 Å². The lowest BCUT2D eigenvalue weighted by atomic mass is 10.2. The molecule has 0 aliphatic carbocycles. The molecule has 8 heteroatoms. The number of nitrogens with zero attached hydrogens (tertiary/aromatic N) is 3. The van der Waals surface area contributed by atoms with Gasteiger partial charge in [0, 0.05) is 37.0 Å². The number of hydrogen-bond acceptors (Lipinski definition) is 4. The number of carbonyl (C=O) groups is 2.